The van der Waals surface area contributed by atoms with Crippen LogP contribution in [0.25, 0.3) is 5.69 Å². The van der Waals surface area contributed by atoms with Crippen LogP contribution in [0.3, 0.4) is 0 Å². The normalized spacial score (nSPS) is 13.0. The Balaban J connectivity index is 1.70. The highest BCUT2D eigenvalue weighted by Crippen LogP contribution is 2.32. The van der Waals surface area contributed by atoms with E-state index in [4.69, 9.17) is 14.2 Å². The van der Waals surface area contributed by atoms with Crippen molar-refractivity contribution in [3.05, 3.63) is 59.9 Å². The number of aromatic nitrogens is 4. The van der Waals surface area contributed by atoms with Gasteiger partial charge < -0.3 is 14.2 Å². The lowest BCUT2D eigenvalue weighted by Crippen LogP contribution is -2.15. The molecule has 4 rings (SSSR count). The topological polar surface area (TPSA) is 71.3 Å². The van der Waals surface area contributed by atoms with Crippen molar-refractivity contribution in [1.82, 2.24) is 19.7 Å². The zero-order valence-electron chi connectivity index (χ0n) is 14.6. The number of fused-ring (bicyclic) bond motifs is 1. The lowest BCUT2D eigenvalue weighted by Gasteiger charge is -2.19. The summed E-state index contributed by atoms with van der Waals surface area (Å²) in [6, 6.07) is 9.74. The molecule has 7 nitrogen and oxygen atoms in total. The molecule has 0 saturated carbocycles. The van der Waals surface area contributed by atoms with Gasteiger partial charge in [0.05, 0.1) is 5.69 Å². The first kappa shape index (κ1) is 16.5. The van der Waals surface area contributed by atoms with Crippen LogP contribution in [-0.2, 0) is 17.8 Å². The fourth-order valence-corrected chi connectivity index (χ4v) is 2.82. The summed E-state index contributed by atoms with van der Waals surface area (Å²) in [6.45, 7) is 4.07. The SMILES string of the molecule is CCOCc1nc(Cc2cccnc2)n(-c2ccc3c(c2)OCCO3)n1. The van der Waals surface area contributed by atoms with E-state index in [1.54, 1.807) is 6.20 Å². The number of nitrogens with zero attached hydrogens (tertiary/aromatic N) is 4. The Bertz CT molecular complexity index is 880. The summed E-state index contributed by atoms with van der Waals surface area (Å²) in [5.74, 6) is 2.96. The summed E-state index contributed by atoms with van der Waals surface area (Å²) in [5.41, 5.74) is 1.95. The van der Waals surface area contributed by atoms with E-state index in [2.05, 4.69) is 15.1 Å². The first-order chi connectivity index (χ1) is 12.8. The minimum atomic E-state index is 0.383. The van der Waals surface area contributed by atoms with E-state index in [9.17, 15) is 0 Å². The van der Waals surface area contributed by atoms with Gasteiger partial charge in [-0.1, -0.05) is 6.07 Å². The second kappa shape index (κ2) is 7.53. The molecule has 26 heavy (non-hydrogen) atoms. The molecule has 0 saturated heterocycles. The third-order valence-electron chi connectivity index (χ3n) is 4.01. The van der Waals surface area contributed by atoms with E-state index in [-0.39, 0.29) is 0 Å². The number of pyridine rings is 1. The molecule has 0 amide bonds. The number of hydrogen-bond acceptors (Lipinski definition) is 6. The highest BCUT2D eigenvalue weighted by molar-refractivity contribution is 5.49. The van der Waals surface area contributed by atoms with Crippen molar-refractivity contribution in [2.45, 2.75) is 20.0 Å². The molecule has 1 aliphatic heterocycles. The maximum atomic E-state index is 5.69. The van der Waals surface area contributed by atoms with Crippen molar-refractivity contribution >= 4 is 0 Å². The number of hydrogen-bond donors (Lipinski definition) is 0. The molecule has 2 aromatic heterocycles. The minimum absolute atomic E-state index is 0.383. The van der Waals surface area contributed by atoms with Gasteiger partial charge in [0.25, 0.3) is 0 Å². The van der Waals surface area contributed by atoms with Crippen molar-refractivity contribution in [3.63, 3.8) is 0 Å². The Morgan fingerprint density at radius 3 is 2.85 bits per heavy atom. The Labute approximate surface area is 151 Å². The molecule has 3 aromatic rings. The Kier molecular flexibility index (Phi) is 4.79. The van der Waals surface area contributed by atoms with Crippen LogP contribution in [-0.4, -0.2) is 39.6 Å². The summed E-state index contributed by atoms with van der Waals surface area (Å²) < 4.78 is 18.6. The molecular weight excluding hydrogens is 332 g/mol. The van der Waals surface area contributed by atoms with E-state index in [1.807, 2.05) is 48.1 Å². The molecule has 0 aliphatic carbocycles. The second-order valence-corrected chi connectivity index (χ2v) is 5.86. The molecule has 0 atom stereocenters. The maximum absolute atomic E-state index is 5.69. The summed E-state index contributed by atoms with van der Waals surface area (Å²) in [4.78, 5) is 8.84. The minimum Gasteiger partial charge on any atom is -0.486 e. The molecule has 7 heteroatoms. The van der Waals surface area contributed by atoms with Crippen LogP contribution in [0.2, 0.25) is 0 Å². The molecule has 0 bridgehead atoms. The molecule has 0 unspecified atom stereocenters. The Hall–Kier alpha value is -2.93. The van der Waals surface area contributed by atoms with Gasteiger partial charge in [0, 0.05) is 31.5 Å². The van der Waals surface area contributed by atoms with Gasteiger partial charge in [-0.3, -0.25) is 4.98 Å². The summed E-state index contributed by atoms with van der Waals surface area (Å²) in [7, 11) is 0. The predicted molar refractivity (Wildman–Crippen MR) is 94.7 cm³/mol. The first-order valence-corrected chi connectivity index (χ1v) is 8.65. The molecule has 0 N–H and O–H groups in total. The lowest BCUT2D eigenvalue weighted by atomic mass is 10.2. The van der Waals surface area contributed by atoms with Gasteiger partial charge >= 0.3 is 0 Å². The average molecular weight is 352 g/mol. The standard InChI is InChI=1S/C19H20N4O3/c1-2-24-13-18-21-19(10-14-4-3-7-20-12-14)23(22-18)15-5-6-16-17(11-15)26-9-8-25-16/h3-7,11-12H,2,8-10,13H2,1H3. The second-order valence-electron chi connectivity index (χ2n) is 5.86. The highest BCUT2D eigenvalue weighted by atomic mass is 16.6. The molecule has 1 aromatic carbocycles. The molecule has 0 spiro atoms. The van der Waals surface area contributed by atoms with Crippen molar-refractivity contribution in [2.24, 2.45) is 0 Å². The largest absolute Gasteiger partial charge is 0.486 e. The van der Waals surface area contributed by atoms with E-state index >= 15 is 0 Å². The molecule has 134 valence electrons. The van der Waals surface area contributed by atoms with Crippen LogP contribution in [0.4, 0.5) is 0 Å². The first-order valence-electron chi connectivity index (χ1n) is 8.65. The van der Waals surface area contributed by atoms with Gasteiger partial charge in [0.2, 0.25) is 0 Å². The summed E-state index contributed by atoms with van der Waals surface area (Å²) >= 11 is 0. The van der Waals surface area contributed by atoms with E-state index < -0.39 is 0 Å². The van der Waals surface area contributed by atoms with Gasteiger partial charge in [-0.25, -0.2) is 9.67 Å². The number of ether oxygens (including phenoxy) is 3. The molecule has 1 aliphatic rings. The molecule has 0 fully saturated rings. The lowest BCUT2D eigenvalue weighted by molar-refractivity contribution is 0.128. The van der Waals surface area contributed by atoms with Gasteiger partial charge in [0.15, 0.2) is 17.3 Å². The Morgan fingerprint density at radius 1 is 1.15 bits per heavy atom. The van der Waals surface area contributed by atoms with Crippen LogP contribution in [0.15, 0.2) is 42.7 Å². The van der Waals surface area contributed by atoms with Gasteiger partial charge in [0.1, 0.15) is 25.6 Å². The zero-order valence-corrected chi connectivity index (χ0v) is 14.6. The molecular formula is C19H20N4O3. The monoisotopic (exact) mass is 352 g/mol. The molecule has 0 radical (unpaired) electrons. The van der Waals surface area contributed by atoms with Crippen LogP contribution in [0.5, 0.6) is 11.5 Å². The van der Waals surface area contributed by atoms with Gasteiger partial charge in [-0.05, 0) is 30.7 Å². The third-order valence-corrected chi connectivity index (χ3v) is 4.01. The molecule has 3 heterocycles. The van der Waals surface area contributed by atoms with Gasteiger partial charge in [-0.2, -0.15) is 0 Å². The average Bonchev–Trinajstić information content (AvgIpc) is 3.09. The zero-order chi connectivity index (χ0) is 17.8. The van der Waals surface area contributed by atoms with Crippen LogP contribution in [0.1, 0.15) is 24.1 Å². The maximum Gasteiger partial charge on any atom is 0.177 e. The van der Waals surface area contributed by atoms with Crippen molar-refractivity contribution in [3.8, 4) is 17.2 Å². The van der Waals surface area contributed by atoms with Gasteiger partial charge in [-0.15, -0.1) is 5.10 Å². The van der Waals surface area contributed by atoms with E-state index in [1.165, 1.54) is 0 Å². The number of rotatable bonds is 6. The van der Waals surface area contributed by atoms with Crippen LogP contribution in [0, 0.1) is 0 Å². The van der Waals surface area contributed by atoms with Crippen molar-refractivity contribution in [1.29, 1.82) is 0 Å². The van der Waals surface area contributed by atoms with Crippen LogP contribution >= 0.6 is 0 Å². The fraction of sp³-hybridized carbons (Fsp3) is 0.316. The summed E-state index contributed by atoms with van der Waals surface area (Å²) in [6.07, 6.45) is 4.22. The predicted octanol–water partition coefficient (Wildman–Crippen LogP) is 2.56. The third kappa shape index (κ3) is 3.52. The van der Waals surface area contributed by atoms with E-state index in [0.717, 1.165) is 28.6 Å². The summed E-state index contributed by atoms with van der Waals surface area (Å²) in [5, 5.41) is 4.63. The van der Waals surface area contributed by atoms with Crippen molar-refractivity contribution < 1.29 is 14.2 Å². The fourth-order valence-electron chi connectivity index (χ4n) is 2.82. The van der Waals surface area contributed by atoms with E-state index in [0.29, 0.717) is 38.7 Å². The number of benzene rings is 1. The highest BCUT2D eigenvalue weighted by Gasteiger charge is 2.17. The smallest absolute Gasteiger partial charge is 0.177 e. The Morgan fingerprint density at radius 2 is 2.04 bits per heavy atom. The van der Waals surface area contributed by atoms with Crippen LogP contribution < -0.4 is 9.47 Å². The quantitative estimate of drug-likeness (QED) is 0.679. The van der Waals surface area contributed by atoms with Crippen molar-refractivity contribution in [2.75, 3.05) is 19.8 Å².